The van der Waals surface area contributed by atoms with Crippen molar-refractivity contribution in [1.29, 1.82) is 0 Å². The molecule has 0 saturated heterocycles. The van der Waals surface area contributed by atoms with E-state index in [4.69, 9.17) is 9.47 Å². The zero-order valence-electron chi connectivity index (χ0n) is 11.2. The molecule has 0 aliphatic carbocycles. The standard InChI is InChI=1S/C13H24O4/c1-11(14)8-6-4-5-7-9-13(10-16-3)17-12(2)15/h13H,4-10H2,1-3H3. The summed E-state index contributed by atoms with van der Waals surface area (Å²) in [7, 11) is 1.60. The molecule has 0 aromatic carbocycles. The van der Waals surface area contributed by atoms with Gasteiger partial charge in [0, 0.05) is 20.5 Å². The van der Waals surface area contributed by atoms with Crippen molar-refractivity contribution < 1.29 is 19.1 Å². The summed E-state index contributed by atoms with van der Waals surface area (Å²) in [5, 5.41) is 0. The molecule has 0 rings (SSSR count). The lowest BCUT2D eigenvalue weighted by molar-refractivity contribution is -0.149. The van der Waals surface area contributed by atoms with Crippen molar-refractivity contribution in [2.75, 3.05) is 13.7 Å². The summed E-state index contributed by atoms with van der Waals surface area (Å²) in [6.07, 6.45) is 5.44. The minimum Gasteiger partial charge on any atom is -0.460 e. The van der Waals surface area contributed by atoms with Crippen LogP contribution in [0.3, 0.4) is 0 Å². The molecule has 0 saturated carbocycles. The predicted octanol–water partition coefficient (Wildman–Crippen LogP) is 2.49. The number of Topliss-reactive ketones (excluding diaryl/α,β-unsaturated/α-hetero) is 1. The maximum absolute atomic E-state index is 10.8. The third-order valence-electron chi connectivity index (χ3n) is 2.49. The SMILES string of the molecule is COCC(CCCCCCC(C)=O)OC(C)=O. The van der Waals surface area contributed by atoms with Gasteiger partial charge in [0.25, 0.3) is 0 Å². The molecular weight excluding hydrogens is 220 g/mol. The Balaban J connectivity index is 3.53. The summed E-state index contributed by atoms with van der Waals surface area (Å²) in [4.78, 5) is 21.5. The van der Waals surface area contributed by atoms with Crippen LogP contribution >= 0.6 is 0 Å². The second-order valence-corrected chi connectivity index (χ2v) is 4.34. The lowest BCUT2D eigenvalue weighted by Crippen LogP contribution is -2.21. The van der Waals surface area contributed by atoms with Gasteiger partial charge in [-0.25, -0.2) is 0 Å². The molecule has 1 unspecified atom stereocenters. The molecule has 0 aliphatic rings. The van der Waals surface area contributed by atoms with E-state index in [1.165, 1.54) is 6.92 Å². The zero-order valence-corrected chi connectivity index (χ0v) is 11.2. The normalized spacial score (nSPS) is 12.2. The van der Waals surface area contributed by atoms with E-state index in [0.29, 0.717) is 13.0 Å². The van der Waals surface area contributed by atoms with Crippen LogP contribution in [-0.4, -0.2) is 31.6 Å². The number of unbranched alkanes of at least 4 members (excludes halogenated alkanes) is 3. The van der Waals surface area contributed by atoms with Crippen LogP contribution in [0.15, 0.2) is 0 Å². The Bertz CT molecular complexity index is 225. The fourth-order valence-corrected chi connectivity index (χ4v) is 1.70. The number of ether oxygens (including phenoxy) is 2. The first-order valence-corrected chi connectivity index (χ1v) is 6.22. The minimum absolute atomic E-state index is 0.134. The van der Waals surface area contributed by atoms with Gasteiger partial charge in [0.2, 0.25) is 0 Å². The third-order valence-corrected chi connectivity index (χ3v) is 2.49. The monoisotopic (exact) mass is 244 g/mol. The first kappa shape index (κ1) is 16.1. The molecule has 0 aromatic rings. The highest BCUT2D eigenvalue weighted by Crippen LogP contribution is 2.10. The van der Waals surface area contributed by atoms with E-state index in [-0.39, 0.29) is 17.9 Å². The topological polar surface area (TPSA) is 52.6 Å². The van der Waals surface area contributed by atoms with Gasteiger partial charge in [-0.05, 0) is 26.2 Å². The number of methoxy groups -OCH3 is 1. The van der Waals surface area contributed by atoms with E-state index >= 15 is 0 Å². The molecule has 0 N–H and O–H groups in total. The molecule has 0 bridgehead atoms. The van der Waals surface area contributed by atoms with Crippen LogP contribution in [0, 0.1) is 0 Å². The van der Waals surface area contributed by atoms with Gasteiger partial charge in [-0.1, -0.05) is 12.8 Å². The summed E-state index contributed by atoms with van der Waals surface area (Å²) in [5.41, 5.74) is 0. The summed E-state index contributed by atoms with van der Waals surface area (Å²) >= 11 is 0. The van der Waals surface area contributed by atoms with Crippen LogP contribution in [0.25, 0.3) is 0 Å². The predicted molar refractivity (Wildman–Crippen MR) is 65.8 cm³/mol. The van der Waals surface area contributed by atoms with E-state index in [9.17, 15) is 9.59 Å². The Morgan fingerprint density at radius 1 is 1.06 bits per heavy atom. The summed E-state index contributed by atoms with van der Waals surface area (Å²) in [6, 6.07) is 0. The van der Waals surface area contributed by atoms with Gasteiger partial charge in [0.15, 0.2) is 0 Å². The molecule has 4 nitrogen and oxygen atoms in total. The molecule has 0 aromatic heterocycles. The Kier molecular flexibility index (Phi) is 9.72. The Morgan fingerprint density at radius 2 is 1.71 bits per heavy atom. The fourth-order valence-electron chi connectivity index (χ4n) is 1.70. The number of carbonyl (C=O) groups excluding carboxylic acids is 2. The van der Waals surface area contributed by atoms with Gasteiger partial charge in [-0.2, -0.15) is 0 Å². The average molecular weight is 244 g/mol. The van der Waals surface area contributed by atoms with E-state index in [0.717, 1.165) is 32.1 Å². The van der Waals surface area contributed by atoms with Gasteiger partial charge >= 0.3 is 5.97 Å². The molecule has 0 heterocycles. The Hall–Kier alpha value is -0.900. The second-order valence-electron chi connectivity index (χ2n) is 4.34. The number of carbonyl (C=O) groups is 2. The maximum atomic E-state index is 10.8. The van der Waals surface area contributed by atoms with Crippen molar-refractivity contribution in [3.8, 4) is 0 Å². The molecular formula is C13H24O4. The van der Waals surface area contributed by atoms with Crippen molar-refractivity contribution >= 4 is 11.8 Å². The second kappa shape index (κ2) is 10.3. The first-order valence-electron chi connectivity index (χ1n) is 6.22. The molecule has 0 radical (unpaired) electrons. The Morgan fingerprint density at radius 3 is 2.24 bits per heavy atom. The summed E-state index contributed by atoms with van der Waals surface area (Å²) < 4.78 is 10.1. The third kappa shape index (κ3) is 11.4. The van der Waals surface area contributed by atoms with Gasteiger partial charge in [-0.15, -0.1) is 0 Å². The van der Waals surface area contributed by atoms with Crippen molar-refractivity contribution in [3.05, 3.63) is 0 Å². The van der Waals surface area contributed by atoms with E-state index in [1.54, 1.807) is 14.0 Å². The molecule has 4 heteroatoms. The molecule has 0 amide bonds. The van der Waals surface area contributed by atoms with Gasteiger partial charge in [0.05, 0.1) is 6.61 Å². The van der Waals surface area contributed by atoms with Crippen LogP contribution in [0.4, 0.5) is 0 Å². The number of esters is 1. The Labute approximate surface area is 104 Å². The molecule has 100 valence electrons. The number of rotatable bonds is 10. The lowest BCUT2D eigenvalue weighted by Gasteiger charge is -2.15. The quantitative estimate of drug-likeness (QED) is 0.437. The molecule has 0 spiro atoms. The van der Waals surface area contributed by atoms with Crippen molar-refractivity contribution in [3.63, 3.8) is 0 Å². The van der Waals surface area contributed by atoms with E-state index in [1.807, 2.05) is 0 Å². The van der Waals surface area contributed by atoms with Crippen LogP contribution in [0.1, 0.15) is 52.4 Å². The van der Waals surface area contributed by atoms with Crippen molar-refractivity contribution in [2.24, 2.45) is 0 Å². The van der Waals surface area contributed by atoms with Crippen LogP contribution < -0.4 is 0 Å². The minimum atomic E-state index is -0.261. The summed E-state index contributed by atoms with van der Waals surface area (Å²) in [5.74, 6) is -0.00852. The highest BCUT2D eigenvalue weighted by atomic mass is 16.6. The highest BCUT2D eigenvalue weighted by molar-refractivity contribution is 5.75. The van der Waals surface area contributed by atoms with Gasteiger partial charge in [0.1, 0.15) is 11.9 Å². The smallest absolute Gasteiger partial charge is 0.302 e. The van der Waals surface area contributed by atoms with Gasteiger partial charge < -0.3 is 14.3 Å². The van der Waals surface area contributed by atoms with Crippen LogP contribution in [-0.2, 0) is 19.1 Å². The number of ketones is 1. The van der Waals surface area contributed by atoms with Crippen molar-refractivity contribution in [1.82, 2.24) is 0 Å². The lowest BCUT2D eigenvalue weighted by atomic mass is 10.1. The molecule has 17 heavy (non-hydrogen) atoms. The number of hydrogen-bond acceptors (Lipinski definition) is 4. The largest absolute Gasteiger partial charge is 0.460 e. The van der Waals surface area contributed by atoms with Crippen molar-refractivity contribution in [2.45, 2.75) is 58.5 Å². The van der Waals surface area contributed by atoms with E-state index < -0.39 is 0 Å². The summed E-state index contributed by atoms with van der Waals surface area (Å²) in [6.45, 7) is 3.48. The average Bonchev–Trinajstić information content (AvgIpc) is 2.22. The highest BCUT2D eigenvalue weighted by Gasteiger charge is 2.10. The van der Waals surface area contributed by atoms with Crippen LogP contribution in [0.5, 0.6) is 0 Å². The van der Waals surface area contributed by atoms with Gasteiger partial charge in [-0.3, -0.25) is 4.79 Å². The van der Waals surface area contributed by atoms with Crippen LogP contribution in [0.2, 0.25) is 0 Å². The maximum Gasteiger partial charge on any atom is 0.302 e. The molecule has 1 atom stereocenters. The molecule has 0 fully saturated rings. The zero-order chi connectivity index (χ0) is 13.1. The van der Waals surface area contributed by atoms with E-state index in [2.05, 4.69) is 0 Å². The molecule has 0 aliphatic heterocycles. The number of hydrogen-bond donors (Lipinski definition) is 0. The fraction of sp³-hybridized carbons (Fsp3) is 0.846. The first-order chi connectivity index (χ1) is 8.06.